The summed E-state index contributed by atoms with van der Waals surface area (Å²) in [5, 5.41) is 15.5. The third-order valence-corrected chi connectivity index (χ3v) is 5.06. The van der Waals surface area contributed by atoms with Gasteiger partial charge in [-0.1, -0.05) is 42.5 Å². The molecule has 0 aliphatic heterocycles. The lowest BCUT2D eigenvalue weighted by Crippen LogP contribution is -2.49. The third-order valence-electron chi connectivity index (χ3n) is 5.06. The Morgan fingerprint density at radius 2 is 1.79 bits per heavy atom. The highest BCUT2D eigenvalue weighted by molar-refractivity contribution is 5.79. The van der Waals surface area contributed by atoms with Crippen molar-refractivity contribution in [2.45, 2.75) is 38.0 Å². The van der Waals surface area contributed by atoms with Crippen molar-refractivity contribution in [3.63, 3.8) is 0 Å². The zero-order valence-electron chi connectivity index (χ0n) is 16.1. The van der Waals surface area contributed by atoms with Crippen LogP contribution in [0.4, 0.5) is 8.78 Å². The van der Waals surface area contributed by atoms with E-state index in [2.05, 4.69) is 21.4 Å². The lowest BCUT2D eigenvalue weighted by molar-refractivity contribution is -0.121. The summed E-state index contributed by atoms with van der Waals surface area (Å²) in [4.78, 5) is 12.5. The van der Waals surface area contributed by atoms with Gasteiger partial charge in [0, 0.05) is 0 Å². The maximum atomic E-state index is 12.5. The second-order valence-corrected chi connectivity index (χ2v) is 7.31. The van der Waals surface area contributed by atoms with Crippen molar-refractivity contribution < 1.29 is 18.3 Å². The highest BCUT2D eigenvalue weighted by atomic mass is 19.3. The van der Waals surface area contributed by atoms with Gasteiger partial charge in [0.1, 0.15) is 11.3 Å². The van der Waals surface area contributed by atoms with Gasteiger partial charge in [0.15, 0.2) is 0 Å². The number of alkyl halides is 2. The maximum Gasteiger partial charge on any atom is 0.387 e. The van der Waals surface area contributed by atoms with Gasteiger partial charge in [-0.25, -0.2) is 0 Å². The van der Waals surface area contributed by atoms with Crippen LogP contribution in [0.5, 0.6) is 5.75 Å². The van der Waals surface area contributed by atoms with Crippen LogP contribution in [-0.2, 0) is 4.79 Å². The van der Waals surface area contributed by atoms with Crippen molar-refractivity contribution in [2.24, 2.45) is 5.92 Å². The number of rotatable bonds is 9. The molecule has 0 radical (unpaired) electrons. The quantitative estimate of drug-likeness (QED) is 0.673. The van der Waals surface area contributed by atoms with Gasteiger partial charge < -0.3 is 10.1 Å². The largest absolute Gasteiger partial charge is 0.435 e. The topological polar surface area (TPSA) is 74.2 Å². The van der Waals surface area contributed by atoms with Crippen LogP contribution < -0.4 is 15.4 Å². The van der Waals surface area contributed by atoms with Crippen molar-refractivity contribution in [1.29, 1.82) is 5.26 Å². The molecule has 1 fully saturated rings. The maximum absolute atomic E-state index is 12.5. The normalized spacial score (nSPS) is 16.5. The summed E-state index contributed by atoms with van der Waals surface area (Å²) in [6, 6.07) is 17.7. The molecule has 0 bridgehead atoms. The molecule has 29 heavy (non-hydrogen) atoms. The SMILES string of the molecule is C[C@](C#N)(NC(=O)CN[C@H](c1ccccc1)c1ccc(OC(F)F)cc1)C1CC1. The Labute approximate surface area is 168 Å². The second kappa shape index (κ2) is 9.01. The summed E-state index contributed by atoms with van der Waals surface area (Å²) in [5.74, 6) is 0.00538. The monoisotopic (exact) mass is 399 g/mol. The minimum atomic E-state index is -2.88. The van der Waals surface area contributed by atoms with Crippen molar-refractivity contribution in [2.75, 3.05) is 6.54 Å². The van der Waals surface area contributed by atoms with E-state index in [1.54, 1.807) is 19.1 Å². The molecular formula is C22H23F2N3O2. The van der Waals surface area contributed by atoms with Gasteiger partial charge >= 0.3 is 6.61 Å². The second-order valence-electron chi connectivity index (χ2n) is 7.31. The molecule has 5 nitrogen and oxygen atoms in total. The van der Waals surface area contributed by atoms with E-state index in [9.17, 15) is 18.8 Å². The molecule has 1 saturated carbocycles. The van der Waals surface area contributed by atoms with Crippen LogP contribution in [0.1, 0.15) is 36.9 Å². The molecule has 1 amide bonds. The number of halogens is 2. The van der Waals surface area contributed by atoms with Gasteiger partial charge in [-0.3, -0.25) is 10.1 Å². The fourth-order valence-corrected chi connectivity index (χ4v) is 3.33. The number of carbonyl (C=O) groups excluding carboxylic acids is 1. The Balaban J connectivity index is 1.71. The summed E-state index contributed by atoms with van der Waals surface area (Å²) < 4.78 is 29.2. The zero-order chi connectivity index (χ0) is 20.9. The van der Waals surface area contributed by atoms with E-state index in [0.29, 0.717) is 0 Å². The molecule has 2 N–H and O–H groups in total. The standard InChI is InChI=1S/C22H23F2N3O2/c1-22(14-25,17-9-10-17)27-19(28)13-26-20(15-5-3-2-4-6-15)16-7-11-18(12-8-16)29-21(23)24/h2-8,11-12,17,20-21,26H,9-10,13H2,1H3,(H,27,28)/t20-,22-/m1/s1. The van der Waals surface area contributed by atoms with E-state index in [4.69, 9.17) is 0 Å². The summed E-state index contributed by atoms with van der Waals surface area (Å²) in [7, 11) is 0. The van der Waals surface area contributed by atoms with E-state index < -0.39 is 12.2 Å². The van der Waals surface area contributed by atoms with Crippen molar-refractivity contribution in [3.05, 3.63) is 65.7 Å². The molecule has 2 aromatic carbocycles. The molecule has 1 aliphatic carbocycles. The molecule has 0 unspecified atom stereocenters. The predicted octanol–water partition coefficient (Wildman–Crippen LogP) is 3.78. The van der Waals surface area contributed by atoms with Crippen molar-refractivity contribution >= 4 is 5.91 Å². The highest BCUT2D eigenvalue weighted by Crippen LogP contribution is 2.39. The fourth-order valence-electron chi connectivity index (χ4n) is 3.33. The Hall–Kier alpha value is -2.98. The first-order valence-corrected chi connectivity index (χ1v) is 9.46. The lowest BCUT2D eigenvalue weighted by Gasteiger charge is -2.25. The number of ether oxygens (including phenoxy) is 1. The number of nitrogens with one attached hydrogen (secondary N) is 2. The molecule has 2 atom stereocenters. The summed E-state index contributed by atoms with van der Waals surface area (Å²) >= 11 is 0. The predicted molar refractivity (Wildman–Crippen MR) is 104 cm³/mol. The summed E-state index contributed by atoms with van der Waals surface area (Å²) in [6.07, 6.45) is 1.88. The van der Waals surface area contributed by atoms with Gasteiger partial charge in [0.25, 0.3) is 0 Å². The van der Waals surface area contributed by atoms with Crippen LogP contribution in [0.3, 0.4) is 0 Å². The molecule has 0 spiro atoms. The molecule has 2 aromatic rings. The summed E-state index contributed by atoms with van der Waals surface area (Å²) in [6.45, 7) is -1.12. The average molecular weight is 399 g/mol. The molecule has 152 valence electrons. The van der Waals surface area contributed by atoms with Crippen LogP contribution >= 0.6 is 0 Å². The average Bonchev–Trinajstić information content (AvgIpc) is 3.55. The van der Waals surface area contributed by atoms with E-state index in [1.165, 1.54) is 12.1 Å². The number of benzene rings is 2. The molecule has 3 rings (SSSR count). The summed E-state index contributed by atoms with van der Waals surface area (Å²) in [5.41, 5.74) is 0.874. The van der Waals surface area contributed by atoms with E-state index in [0.717, 1.165) is 24.0 Å². The van der Waals surface area contributed by atoms with Crippen molar-refractivity contribution in [1.82, 2.24) is 10.6 Å². The molecule has 0 saturated heterocycles. The first kappa shape index (κ1) is 20.7. The van der Waals surface area contributed by atoms with Crippen molar-refractivity contribution in [3.8, 4) is 11.8 Å². The molecule has 1 aliphatic rings. The van der Waals surface area contributed by atoms with Gasteiger partial charge in [-0.15, -0.1) is 0 Å². The first-order valence-electron chi connectivity index (χ1n) is 9.46. The van der Waals surface area contributed by atoms with Crippen LogP contribution in [0, 0.1) is 17.2 Å². The van der Waals surface area contributed by atoms with E-state index in [1.807, 2.05) is 30.3 Å². The van der Waals surface area contributed by atoms with Gasteiger partial charge in [0.2, 0.25) is 5.91 Å². The number of nitrogens with zero attached hydrogens (tertiary/aromatic N) is 1. The number of carbonyl (C=O) groups is 1. The van der Waals surface area contributed by atoms with E-state index >= 15 is 0 Å². The molecular weight excluding hydrogens is 376 g/mol. The van der Waals surface area contributed by atoms with Crippen LogP contribution in [0.25, 0.3) is 0 Å². The number of amides is 1. The van der Waals surface area contributed by atoms with Crippen LogP contribution in [-0.4, -0.2) is 24.6 Å². The minimum absolute atomic E-state index is 0.0127. The van der Waals surface area contributed by atoms with E-state index in [-0.39, 0.29) is 30.2 Å². The lowest BCUT2D eigenvalue weighted by atomic mass is 9.97. The Kier molecular flexibility index (Phi) is 6.45. The minimum Gasteiger partial charge on any atom is -0.435 e. The Morgan fingerprint density at radius 3 is 2.34 bits per heavy atom. The third kappa shape index (κ3) is 5.52. The molecule has 0 heterocycles. The van der Waals surface area contributed by atoms with Gasteiger partial charge in [-0.2, -0.15) is 14.0 Å². The fraction of sp³-hybridized carbons (Fsp3) is 0.364. The van der Waals surface area contributed by atoms with Crippen LogP contribution in [0.2, 0.25) is 0 Å². The van der Waals surface area contributed by atoms with Gasteiger partial charge in [-0.05, 0) is 48.9 Å². The first-order chi connectivity index (χ1) is 13.9. The number of hydrogen-bond donors (Lipinski definition) is 2. The Morgan fingerprint density at radius 1 is 1.17 bits per heavy atom. The van der Waals surface area contributed by atoms with Crippen LogP contribution in [0.15, 0.2) is 54.6 Å². The Bertz CT molecular complexity index is 864. The number of hydrogen-bond acceptors (Lipinski definition) is 4. The van der Waals surface area contributed by atoms with Gasteiger partial charge in [0.05, 0.1) is 18.7 Å². The smallest absolute Gasteiger partial charge is 0.387 e. The highest BCUT2D eigenvalue weighted by Gasteiger charge is 2.42. The molecule has 0 aromatic heterocycles. The molecule has 7 heteroatoms. The number of nitriles is 1. The zero-order valence-corrected chi connectivity index (χ0v) is 16.1.